The fraction of sp³-hybridized carbons (Fsp3) is 0.724. The molecule has 17 nitrogen and oxygen atoms in total. The minimum atomic E-state index is -5.00. The van der Waals surface area contributed by atoms with Crippen LogP contribution in [0.5, 0.6) is 0 Å². The average Bonchev–Trinajstić information content (AvgIpc) is 0.933. The van der Waals surface area contributed by atoms with Gasteiger partial charge in [-0.25, -0.2) is 9.13 Å². The van der Waals surface area contributed by atoms with Crippen molar-refractivity contribution in [1.82, 2.24) is 0 Å². The quantitative estimate of drug-likeness (QED) is 0.0169. The van der Waals surface area contributed by atoms with E-state index in [2.05, 4.69) is 131 Å². The molecule has 0 aliphatic carbocycles. The van der Waals surface area contributed by atoms with Crippen LogP contribution in [-0.4, -0.2) is 96.7 Å². The minimum Gasteiger partial charge on any atom is -0.462 e. The van der Waals surface area contributed by atoms with Crippen molar-refractivity contribution < 1.29 is 80.2 Å². The van der Waals surface area contributed by atoms with Crippen LogP contribution < -0.4 is 0 Å². The predicted octanol–water partition coefficient (Wildman–Crippen LogP) is 24.7. The fourth-order valence-electron chi connectivity index (χ4n) is 11.1. The van der Waals surface area contributed by atoms with Gasteiger partial charge < -0.3 is 33.8 Å². The van der Waals surface area contributed by atoms with Gasteiger partial charge in [-0.3, -0.25) is 37.3 Å². The SMILES string of the molecule is CC/C=C\C/C=C\C/C=C\C/C=C\C/C=C\C/C=C\CCC(=O)OCC(COP(=O)(O)OCC(O)COP(=O)(O)OCC(COC(=O)CCCCCCCC/C=C\C/C=C\C/C=C\CCCCC)OC(=O)CCCCCCCCCCCCCCC)OC(=O)CCCCCCC/C=C\CCCCCCCC. The highest BCUT2D eigenvalue weighted by Gasteiger charge is 2.30. The molecule has 0 aliphatic heterocycles. The molecule has 0 radical (unpaired) electrons. The highest BCUT2D eigenvalue weighted by atomic mass is 31.2. The van der Waals surface area contributed by atoms with Crippen LogP contribution in [0.15, 0.2) is 122 Å². The molecule has 0 bridgehead atoms. The summed E-state index contributed by atoms with van der Waals surface area (Å²) in [6.45, 7) is 4.66. The molecular formula is C87H150O17P2. The number of aliphatic hydroxyl groups is 1. The monoisotopic (exact) mass is 1530 g/mol. The Balaban J connectivity index is 5.41. The molecule has 0 amide bonds. The Kier molecular flexibility index (Phi) is 75.2. The smallest absolute Gasteiger partial charge is 0.462 e. The summed E-state index contributed by atoms with van der Waals surface area (Å²) in [5, 5.41) is 10.7. The Bertz CT molecular complexity index is 2480. The standard InChI is InChI=1S/C87H150O17P2/c1-5-9-13-17-21-25-29-33-36-38-40-42-45-48-51-55-59-63-67-71-84(89)97-77-82(103-86(91)73-69-65-61-57-53-47-32-28-24-20-16-12-8-4)79-101-105(93,94)99-75-81(88)76-100-106(95,96)102-80-83(104-87(92)74-70-66-62-58-54-50-44-35-31-27-23-19-15-11-7-3)78-98-85(90)72-68-64-60-56-52-49-46-43-41-39-37-34-30-26-22-18-14-10-6-2/h10,14,21-22,25-26,33-37,40-44,49,52,60,64,81-83,88H,5-9,11-13,15-20,23-24,27-32,38-39,45-48,50-51,53-59,61-63,65-80H2,1-4H3,(H,93,94)(H,95,96)/b14-10-,25-21-,26-22-,36-33-,37-34-,42-40-,43-41-,44-35-,52-49-,64-60-. The number of hydrogen-bond acceptors (Lipinski definition) is 15. The zero-order chi connectivity index (χ0) is 77.4. The second kappa shape index (κ2) is 78.6. The zero-order valence-electron chi connectivity index (χ0n) is 66.8. The van der Waals surface area contributed by atoms with E-state index in [1.165, 1.54) is 109 Å². The number of esters is 4. The van der Waals surface area contributed by atoms with Crippen molar-refractivity contribution in [2.75, 3.05) is 39.6 Å². The van der Waals surface area contributed by atoms with Gasteiger partial charge >= 0.3 is 39.5 Å². The number of unbranched alkanes of at least 4 members (excludes halogenated alkanes) is 32. The first-order valence-electron chi connectivity index (χ1n) is 41.8. The molecule has 5 unspecified atom stereocenters. The van der Waals surface area contributed by atoms with Crippen molar-refractivity contribution in [2.45, 2.75) is 367 Å². The molecule has 0 aromatic carbocycles. The topological polar surface area (TPSA) is 237 Å². The Morgan fingerprint density at radius 1 is 0.274 bits per heavy atom. The van der Waals surface area contributed by atoms with Crippen molar-refractivity contribution in [3.8, 4) is 0 Å². The van der Waals surface area contributed by atoms with Crippen molar-refractivity contribution in [3.63, 3.8) is 0 Å². The number of allylic oxidation sites excluding steroid dienone is 20. The third-order valence-electron chi connectivity index (χ3n) is 17.4. The van der Waals surface area contributed by atoms with Crippen LogP contribution in [0.3, 0.4) is 0 Å². The van der Waals surface area contributed by atoms with Crippen molar-refractivity contribution in [1.29, 1.82) is 0 Å². The molecular weight excluding hydrogens is 1380 g/mol. The van der Waals surface area contributed by atoms with E-state index in [1.54, 1.807) is 0 Å². The predicted molar refractivity (Wildman–Crippen MR) is 436 cm³/mol. The van der Waals surface area contributed by atoms with Crippen molar-refractivity contribution in [3.05, 3.63) is 122 Å². The molecule has 610 valence electrons. The fourth-order valence-corrected chi connectivity index (χ4v) is 12.7. The maximum absolute atomic E-state index is 13.1. The maximum Gasteiger partial charge on any atom is 0.472 e. The van der Waals surface area contributed by atoms with Crippen LogP contribution in [0.4, 0.5) is 0 Å². The normalized spacial score (nSPS) is 14.4. The highest BCUT2D eigenvalue weighted by molar-refractivity contribution is 7.47. The number of phosphoric acid groups is 2. The molecule has 0 aromatic heterocycles. The molecule has 0 saturated heterocycles. The molecule has 0 aromatic rings. The summed E-state index contributed by atoms with van der Waals surface area (Å²) in [6, 6.07) is 0. The van der Waals surface area contributed by atoms with Gasteiger partial charge in [-0.2, -0.15) is 0 Å². The minimum absolute atomic E-state index is 0.0335. The lowest BCUT2D eigenvalue weighted by Crippen LogP contribution is -2.30. The third kappa shape index (κ3) is 77.6. The molecule has 0 saturated carbocycles. The summed E-state index contributed by atoms with van der Waals surface area (Å²) in [5.41, 5.74) is 0. The first-order valence-corrected chi connectivity index (χ1v) is 44.8. The lowest BCUT2D eigenvalue weighted by Gasteiger charge is -2.21. The molecule has 19 heteroatoms. The van der Waals surface area contributed by atoms with E-state index in [1.807, 2.05) is 18.2 Å². The zero-order valence-corrected chi connectivity index (χ0v) is 68.6. The Labute approximate surface area is 644 Å². The van der Waals surface area contributed by atoms with E-state index >= 15 is 0 Å². The van der Waals surface area contributed by atoms with E-state index < -0.39 is 97.5 Å². The number of carbonyl (C=O) groups is 4. The van der Waals surface area contributed by atoms with Crippen LogP contribution in [0, 0.1) is 0 Å². The van der Waals surface area contributed by atoms with Crippen molar-refractivity contribution in [2.24, 2.45) is 0 Å². The summed E-state index contributed by atoms with van der Waals surface area (Å²) < 4.78 is 68.6. The van der Waals surface area contributed by atoms with Gasteiger partial charge in [-0.05, 0) is 128 Å². The Morgan fingerprint density at radius 2 is 0.509 bits per heavy atom. The number of hydrogen-bond donors (Lipinski definition) is 3. The second-order valence-corrected chi connectivity index (χ2v) is 30.6. The van der Waals surface area contributed by atoms with Crippen LogP contribution in [0.25, 0.3) is 0 Å². The molecule has 5 atom stereocenters. The van der Waals surface area contributed by atoms with Gasteiger partial charge in [0, 0.05) is 25.7 Å². The molecule has 106 heavy (non-hydrogen) atoms. The Hall–Kier alpha value is -4.54. The van der Waals surface area contributed by atoms with E-state index in [-0.39, 0.29) is 25.7 Å². The van der Waals surface area contributed by atoms with Crippen LogP contribution in [0.1, 0.15) is 349 Å². The largest absolute Gasteiger partial charge is 0.472 e. The molecule has 0 rings (SSSR count). The van der Waals surface area contributed by atoms with E-state index in [9.17, 15) is 43.2 Å². The Morgan fingerprint density at radius 3 is 0.840 bits per heavy atom. The van der Waals surface area contributed by atoms with Gasteiger partial charge in [0.25, 0.3) is 0 Å². The molecule has 0 aliphatic rings. The van der Waals surface area contributed by atoms with Gasteiger partial charge in [-0.1, -0.05) is 316 Å². The summed E-state index contributed by atoms with van der Waals surface area (Å²) >= 11 is 0. The molecule has 0 spiro atoms. The maximum atomic E-state index is 13.1. The average molecular weight is 1530 g/mol. The second-order valence-electron chi connectivity index (χ2n) is 27.7. The van der Waals surface area contributed by atoms with Crippen LogP contribution in [0.2, 0.25) is 0 Å². The first kappa shape index (κ1) is 101. The summed E-state index contributed by atoms with van der Waals surface area (Å²) in [7, 11) is -9.98. The number of ether oxygens (including phenoxy) is 4. The summed E-state index contributed by atoms with van der Waals surface area (Å²) in [4.78, 5) is 73.1. The van der Waals surface area contributed by atoms with Gasteiger partial charge in [0.2, 0.25) is 0 Å². The van der Waals surface area contributed by atoms with Gasteiger partial charge in [0.1, 0.15) is 19.3 Å². The van der Waals surface area contributed by atoms with Gasteiger partial charge in [0.05, 0.1) is 26.4 Å². The number of aliphatic hydroxyl groups excluding tert-OH is 1. The number of phosphoric ester groups is 2. The number of carbonyl (C=O) groups excluding carboxylic acids is 4. The van der Waals surface area contributed by atoms with E-state index in [4.69, 9.17) is 37.0 Å². The van der Waals surface area contributed by atoms with E-state index in [0.717, 1.165) is 154 Å². The van der Waals surface area contributed by atoms with Gasteiger partial charge in [0.15, 0.2) is 12.2 Å². The summed E-state index contributed by atoms with van der Waals surface area (Å²) in [6.07, 6.45) is 87.5. The van der Waals surface area contributed by atoms with Crippen LogP contribution >= 0.6 is 15.6 Å². The lowest BCUT2D eigenvalue weighted by molar-refractivity contribution is -0.161. The number of rotatable bonds is 78. The van der Waals surface area contributed by atoms with E-state index in [0.29, 0.717) is 32.1 Å². The lowest BCUT2D eigenvalue weighted by atomic mass is 10.0. The van der Waals surface area contributed by atoms with Crippen molar-refractivity contribution >= 4 is 39.5 Å². The first-order chi connectivity index (χ1) is 51.7. The van der Waals surface area contributed by atoms with Gasteiger partial charge in [-0.15, -0.1) is 0 Å². The van der Waals surface area contributed by atoms with Crippen LogP contribution in [-0.2, 0) is 65.4 Å². The molecule has 3 N–H and O–H groups in total. The third-order valence-corrected chi connectivity index (χ3v) is 19.3. The molecule has 0 heterocycles. The summed E-state index contributed by atoms with van der Waals surface area (Å²) in [5.74, 6) is -2.28. The molecule has 0 fully saturated rings. The highest BCUT2D eigenvalue weighted by Crippen LogP contribution is 2.45.